The number of hydrazine groups is 1. The highest BCUT2D eigenvalue weighted by molar-refractivity contribution is 5.78. The van der Waals surface area contributed by atoms with Crippen molar-refractivity contribution in [1.29, 1.82) is 0 Å². The van der Waals surface area contributed by atoms with E-state index in [-0.39, 0.29) is 24.0 Å². The number of rotatable bonds is 9. The predicted molar refractivity (Wildman–Crippen MR) is 110 cm³/mol. The first-order valence-corrected chi connectivity index (χ1v) is 10.2. The molecule has 1 heterocycles. The Kier molecular flexibility index (Phi) is 8.67. The number of allylic oxidation sites excluding steroid dienone is 2. The van der Waals surface area contributed by atoms with Crippen molar-refractivity contribution in [3.8, 4) is 5.75 Å². The third-order valence-corrected chi connectivity index (χ3v) is 5.15. The molecule has 7 heteroatoms. The van der Waals surface area contributed by atoms with E-state index in [9.17, 15) is 19.8 Å². The lowest BCUT2D eigenvalue weighted by Gasteiger charge is -2.37. The number of carbonyl (C=O) groups is 2. The van der Waals surface area contributed by atoms with Gasteiger partial charge in [-0.25, -0.2) is 5.43 Å². The highest BCUT2D eigenvalue weighted by atomic mass is 16.6. The number of ether oxygens (including phenoxy) is 1. The van der Waals surface area contributed by atoms with Gasteiger partial charge >= 0.3 is 0 Å². The largest absolute Gasteiger partial charge is 0.508 e. The zero-order valence-electron chi connectivity index (χ0n) is 17.4. The Morgan fingerprint density at radius 3 is 2.86 bits per heavy atom. The number of nitrogens with zero attached hydrogens (tertiary/aromatic N) is 1. The minimum Gasteiger partial charge on any atom is -0.508 e. The van der Waals surface area contributed by atoms with Crippen LogP contribution in [0.3, 0.4) is 0 Å². The van der Waals surface area contributed by atoms with Crippen molar-refractivity contribution in [1.82, 2.24) is 10.4 Å². The van der Waals surface area contributed by atoms with Crippen LogP contribution in [0.4, 0.5) is 0 Å². The number of benzene rings is 1. The quantitative estimate of drug-likeness (QED) is 0.332. The average Bonchev–Trinajstić information content (AvgIpc) is 2.71. The second kappa shape index (κ2) is 11.0. The number of phenolic OH excluding ortho intramolecular Hbond substituents is 1. The Balaban J connectivity index is 1.97. The molecule has 7 nitrogen and oxygen atoms in total. The fourth-order valence-corrected chi connectivity index (χ4v) is 3.52. The Bertz CT molecular complexity index is 734. The molecule has 0 saturated carbocycles. The molecule has 0 aliphatic carbocycles. The van der Waals surface area contributed by atoms with Crippen LogP contribution in [0, 0.1) is 5.92 Å². The fraction of sp³-hybridized carbons (Fsp3) is 0.545. The number of hydrogen-bond acceptors (Lipinski definition) is 6. The molecular weight excluding hydrogens is 372 g/mol. The van der Waals surface area contributed by atoms with E-state index in [2.05, 4.69) is 5.43 Å². The molecule has 1 aliphatic rings. The highest BCUT2D eigenvalue weighted by Gasteiger charge is 2.31. The van der Waals surface area contributed by atoms with E-state index in [1.54, 1.807) is 23.2 Å². The molecule has 2 rings (SSSR count). The van der Waals surface area contributed by atoms with Gasteiger partial charge < -0.3 is 19.7 Å². The van der Waals surface area contributed by atoms with Gasteiger partial charge in [-0.05, 0) is 49.5 Å². The van der Waals surface area contributed by atoms with Gasteiger partial charge in [0, 0.05) is 25.3 Å². The normalized spacial score (nSPS) is 19.9. The van der Waals surface area contributed by atoms with Crippen LogP contribution in [0.25, 0.3) is 0 Å². The van der Waals surface area contributed by atoms with Crippen LogP contribution >= 0.6 is 0 Å². The van der Waals surface area contributed by atoms with Crippen molar-refractivity contribution in [3.63, 3.8) is 0 Å². The summed E-state index contributed by atoms with van der Waals surface area (Å²) in [6.45, 7) is 6.13. The smallest absolute Gasteiger partial charge is 0.239 e. The Morgan fingerprint density at radius 1 is 1.45 bits per heavy atom. The Hall–Kier alpha value is -2.38. The molecule has 3 unspecified atom stereocenters. The van der Waals surface area contributed by atoms with Crippen molar-refractivity contribution in [3.05, 3.63) is 41.2 Å². The molecule has 0 radical (unpaired) electrons. The molecule has 3 atom stereocenters. The van der Waals surface area contributed by atoms with Gasteiger partial charge in [0.05, 0.1) is 11.8 Å². The Labute approximate surface area is 172 Å². The minimum absolute atomic E-state index is 0.0614. The van der Waals surface area contributed by atoms with Crippen molar-refractivity contribution < 1.29 is 24.5 Å². The number of nitrogens with one attached hydrogen (secondary N) is 1. The van der Waals surface area contributed by atoms with E-state index in [1.165, 1.54) is 0 Å². The van der Waals surface area contributed by atoms with Crippen LogP contribution in [-0.2, 0) is 20.7 Å². The van der Waals surface area contributed by atoms with E-state index in [4.69, 9.17) is 4.74 Å². The SMILES string of the molecule is CC/C(OC(O)C1CCCN(C(=O)C(C)Cc2cccc(O)c2)N1)=C(\C)CC=O. The molecule has 3 N–H and O–H groups in total. The number of aliphatic hydroxyl groups is 1. The first-order chi connectivity index (χ1) is 13.8. The molecule has 1 amide bonds. The number of amides is 1. The standard InChI is InChI=1S/C22H32N2O5/c1-4-20(15(2)10-12-25)29-22(28)19-9-6-11-24(23-19)21(27)16(3)13-17-7-5-8-18(26)14-17/h5,7-8,12,14,16,19,22-23,26,28H,4,6,9-11,13H2,1-3H3/b20-15-. The van der Waals surface area contributed by atoms with Crippen molar-refractivity contribution in [2.75, 3.05) is 6.54 Å². The monoisotopic (exact) mass is 404 g/mol. The van der Waals surface area contributed by atoms with Crippen molar-refractivity contribution >= 4 is 12.2 Å². The minimum atomic E-state index is -1.11. The summed E-state index contributed by atoms with van der Waals surface area (Å²) in [7, 11) is 0. The third kappa shape index (κ3) is 6.58. The van der Waals surface area contributed by atoms with Crippen LogP contribution in [0.2, 0.25) is 0 Å². The lowest BCUT2D eigenvalue weighted by Crippen LogP contribution is -2.57. The number of carbonyl (C=O) groups excluding carboxylic acids is 2. The molecular formula is C22H32N2O5. The van der Waals surface area contributed by atoms with Gasteiger partial charge in [0.15, 0.2) is 0 Å². The number of aldehydes is 1. The Morgan fingerprint density at radius 2 is 2.21 bits per heavy atom. The molecule has 1 fully saturated rings. The van der Waals surface area contributed by atoms with Gasteiger partial charge in [0.2, 0.25) is 12.2 Å². The van der Waals surface area contributed by atoms with Gasteiger partial charge in [-0.1, -0.05) is 26.0 Å². The zero-order valence-corrected chi connectivity index (χ0v) is 17.4. The summed E-state index contributed by atoms with van der Waals surface area (Å²) in [4.78, 5) is 23.6. The van der Waals surface area contributed by atoms with E-state index in [1.807, 2.05) is 26.8 Å². The molecule has 1 aromatic carbocycles. The van der Waals surface area contributed by atoms with Gasteiger partial charge in [-0.3, -0.25) is 9.80 Å². The fourth-order valence-electron chi connectivity index (χ4n) is 3.52. The average molecular weight is 405 g/mol. The molecule has 1 aliphatic heterocycles. The summed E-state index contributed by atoms with van der Waals surface area (Å²) in [5.74, 6) is 0.450. The molecule has 29 heavy (non-hydrogen) atoms. The third-order valence-electron chi connectivity index (χ3n) is 5.15. The maximum Gasteiger partial charge on any atom is 0.239 e. The number of hydrogen-bond donors (Lipinski definition) is 3. The highest BCUT2D eigenvalue weighted by Crippen LogP contribution is 2.21. The van der Waals surface area contributed by atoms with Gasteiger partial charge in [-0.2, -0.15) is 0 Å². The van der Waals surface area contributed by atoms with Crippen molar-refractivity contribution in [2.45, 2.75) is 65.2 Å². The van der Waals surface area contributed by atoms with Gasteiger partial charge in [-0.15, -0.1) is 0 Å². The summed E-state index contributed by atoms with van der Waals surface area (Å²) in [5.41, 5.74) is 4.79. The zero-order chi connectivity index (χ0) is 21.4. The predicted octanol–water partition coefficient (Wildman–Crippen LogP) is 2.67. The molecule has 0 bridgehead atoms. The van der Waals surface area contributed by atoms with Crippen LogP contribution in [0.5, 0.6) is 5.75 Å². The summed E-state index contributed by atoms with van der Waals surface area (Å²) < 4.78 is 5.70. The van der Waals surface area contributed by atoms with E-state index < -0.39 is 12.3 Å². The number of aromatic hydroxyl groups is 1. The second-order valence-corrected chi connectivity index (χ2v) is 7.58. The summed E-state index contributed by atoms with van der Waals surface area (Å²) in [6.07, 6.45) is 2.49. The summed E-state index contributed by atoms with van der Waals surface area (Å²) >= 11 is 0. The molecule has 1 saturated heterocycles. The van der Waals surface area contributed by atoms with Crippen LogP contribution in [0.15, 0.2) is 35.6 Å². The number of phenols is 1. The van der Waals surface area contributed by atoms with Crippen LogP contribution in [-0.4, -0.2) is 46.3 Å². The van der Waals surface area contributed by atoms with E-state index in [0.29, 0.717) is 31.6 Å². The summed E-state index contributed by atoms with van der Waals surface area (Å²) in [6, 6.07) is 6.49. The van der Waals surface area contributed by atoms with Crippen LogP contribution in [0.1, 0.15) is 52.0 Å². The van der Waals surface area contributed by atoms with E-state index in [0.717, 1.165) is 23.8 Å². The molecule has 1 aromatic rings. The summed E-state index contributed by atoms with van der Waals surface area (Å²) in [5, 5.41) is 21.7. The first-order valence-electron chi connectivity index (χ1n) is 10.2. The molecule has 0 spiro atoms. The van der Waals surface area contributed by atoms with E-state index >= 15 is 0 Å². The molecule has 160 valence electrons. The lowest BCUT2D eigenvalue weighted by molar-refractivity contribution is -0.150. The maximum atomic E-state index is 12.9. The van der Waals surface area contributed by atoms with Gasteiger partial charge in [0.25, 0.3) is 0 Å². The second-order valence-electron chi connectivity index (χ2n) is 7.58. The topological polar surface area (TPSA) is 99.1 Å². The maximum absolute atomic E-state index is 12.9. The first kappa shape index (κ1) is 22.9. The van der Waals surface area contributed by atoms with Gasteiger partial charge in [0.1, 0.15) is 12.0 Å². The number of aliphatic hydroxyl groups excluding tert-OH is 1. The van der Waals surface area contributed by atoms with Crippen LogP contribution < -0.4 is 5.43 Å². The molecule has 0 aromatic heterocycles. The lowest BCUT2D eigenvalue weighted by atomic mass is 9.99. The van der Waals surface area contributed by atoms with Crippen molar-refractivity contribution in [2.24, 2.45) is 5.92 Å².